The van der Waals surface area contributed by atoms with Crippen molar-refractivity contribution >= 4 is 16.9 Å². The van der Waals surface area contributed by atoms with Crippen molar-refractivity contribution in [1.82, 2.24) is 15.0 Å². The summed E-state index contributed by atoms with van der Waals surface area (Å²) < 4.78 is 27.5. The molecule has 0 aliphatic rings. The van der Waals surface area contributed by atoms with Crippen LogP contribution in [0.4, 0.5) is 4.39 Å². The third-order valence-corrected chi connectivity index (χ3v) is 4.19. The van der Waals surface area contributed by atoms with Crippen LogP contribution in [-0.4, -0.2) is 26.9 Å². The Bertz CT molecular complexity index is 485. The Balaban J connectivity index is 2.93. The number of nitrogens with one attached hydrogen (secondary N) is 2. The van der Waals surface area contributed by atoms with Crippen molar-refractivity contribution < 1.29 is 13.4 Å². The van der Waals surface area contributed by atoms with E-state index in [1.165, 1.54) is 19.2 Å². The summed E-state index contributed by atoms with van der Waals surface area (Å²) in [5.74, 6) is -0.663. The summed E-state index contributed by atoms with van der Waals surface area (Å²) in [7, 11) is 0.171. The van der Waals surface area contributed by atoms with Crippen LogP contribution >= 0.6 is 0 Å². The molecule has 0 aromatic carbocycles. The van der Waals surface area contributed by atoms with E-state index in [4.69, 9.17) is 0 Å². The van der Waals surface area contributed by atoms with E-state index in [9.17, 15) is 13.4 Å². The van der Waals surface area contributed by atoms with Gasteiger partial charge in [0.1, 0.15) is 5.82 Å². The van der Waals surface area contributed by atoms with E-state index in [0.29, 0.717) is 5.69 Å². The summed E-state index contributed by atoms with van der Waals surface area (Å²) in [6.07, 6.45) is 1.16. The molecular formula is C13H20FN3O2S. The summed E-state index contributed by atoms with van der Waals surface area (Å²) in [6.45, 7) is 5.47. The normalized spacial score (nSPS) is 14.7. The first-order chi connectivity index (χ1) is 9.24. The standard InChI is InChI=1S/C13H20FN3O2S/c1-13(2,3)20(19)17-11(7-12(18)15-4)10-6-5-9(14)8-16-10/h5-6,8,11,17H,7H2,1-4H3,(H,15,18). The van der Waals surface area contributed by atoms with Crippen molar-refractivity contribution in [1.29, 1.82) is 0 Å². The zero-order valence-electron chi connectivity index (χ0n) is 12.1. The number of hydrogen-bond donors (Lipinski definition) is 2. The molecule has 0 aliphatic carbocycles. The second-order valence-electron chi connectivity index (χ2n) is 5.33. The van der Waals surface area contributed by atoms with Gasteiger partial charge >= 0.3 is 0 Å². The molecule has 2 unspecified atom stereocenters. The van der Waals surface area contributed by atoms with Gasteiger partial charge in [-0.15, -0.1) is 0 Å². The predicted octanol–water partition coefficient (Wildman–Crippen LogP) is 1.45. The fraction of sp³-hybridized carbons (Fsp3) is 0.538. The Morgan fingerprint density at radius 1 is 1.45 bits per heavy atom. The summed E-state index contributed by atoms with van der Waals surface area (Å²) in [4.78, 5) is 15.5. The quantitative estimate of drug-likeness (QED) is 0.864. The van der Waals surface area contributed by atoms with Gasteiger partial charge in [-0.2, -0.15) is 0 Å². The van der Waals surface area contributed by atoms with Crippen molar-refractivity contribution in [2.24, 2.45) is 0 Å². The summed E-state index contributed by atoms with van der Waals surface area (Å²) in [5.41, 5.74) is 0.479. The van der Waals surface area contributed by atoms with Gasteiger partial charge in [-0.3, -0.25) is 9.78 Å². The molecule has 1 aromatic rings. The maximum absolute atomic E-state index is 12.9. The first-order valence-electron chi connectivity index (χ1n) is 6.24. The first-order valence-corrected chi connectivity index (χ1v) is 7.39. The van der Waals surface area contributed by atoms with Crippen LogP contribution < -0.4 is 10.0 Å². The number of hydrogen-bond acceptors (Lipinski definition) is 3. The van der Waals surface area contributed by atoms with Crippen LogP contribution in [0, 0.1) is 5.82 Å². The molecule has 20 heavy (non-hydrogen) atoms. The molecule has 0 fully saturated rings. The fourth-order valence-electron chi connectivity index (χ4n) is 1.39. The molecule has 1 rings (SSSR count). The van der Waals surface area contributed by atoms with Gasteiger partial charge in [0.05, 0.1) is 33.7 Å². The molecule has 0 saturated carbocycles. The zero-order chi connectivity index (χ0) is 15.3. The summed E-state index contributed by atoms with van der Waals surface area (Å²) in [5, 5.41) is 2.51. The minimum absolute atomic E-state index is 0.0803. The third kappa shape index (κ3) is 4.97. The lowest BCUT2D eigenvalue weighted by molar-refractivity contribution is -0.121. The van der Waals surface area contributed by atoms with Crippen LogP contribution in [0.1, 0.15) is 38.9 Å². The number of nitrogens with zero attached hydrogens (tertiary/aromatic N) is 1. The van der Waals surface area contributed by atoms with E-state index in [1.807, 2.05) is 20.8 Å². The second kappa shape index (κ2) is 6.90. The fourth-order valence-corrected chi connectivity index (χ4v) is 2.21. The number of carbonyl (C=O) groups excluding carboxylic acids is 1. The summed E-state index contributed by atoms with van der Waals surface area (Å²) >= 11 is 0. The number of aromatic nitrogens is 1. The van der Waals surface area contributed by atoms with Crippen LogP contribution in [0.25, 0.3) is 0 Å². The molecule has 0 saturated heterocycles. The van der Waals surface area contributed by atoms with Gasteiger partial charge in [-0.05, 0) is 32.9 Å². The Kier molecular flexibility index (Phi) is 5.76. The number of rotatable bonds is 5. The topological polar surface area (TPSA) is 71.1 Å². The number of pyridine rings is 1. The van der Waals surface area contributed by atoms with E-state index in [1.54, 1.807) is 0 Å². The van der Waals surface area contributed by atoms with Crippen LogP contribution in [0.15, 0.2) is 18.3 Å². The van der Waals surface area contributed by atoms with Crippen molar-refractivity contribution in [2.45, 2.75) is 38.0 Å². The molecule has 1 amide bonds. The van der Waals surface area contributed by atoms with Crippen LogP contribution in [0.5, 0.6) is 0 Å². The van der Waals surface area contributed by atoms with Crippen molar-refractivity contribution in [3.8, 4) is 0 Å². The van der Waals surface area contributed by atoms with Gasteiger partial charge < -0.3 is 5.32 Å². The Hall–Kier alpha value is -1.34. The van der Waals surface area contributed by atoms with E-state index >= 15 is 0 Å². The highest BCUT2D eigenvalue weighted by molar-refractivity contribution is 7.84. The number of amides is 1. The molecule has 5 nitrogen and oxygen atoms in total. The molecule has 0 aliphatic heterocycles. The molecular weight excluding hydrogens is 281 g/mol. The summed E-state index contributed by atoms with van der Waals surface area (Å²) in [6, 6.07) is 2.21. The molecule has 7 heteroatoms. The largest absolute Gasteiger partial charge is 0.359 e. The van der Waals surface area contributed by atoms with Gasteiger partial charge in [0.25, 0.3) is 0 Å². The lowest BCUT2D eigenvalue weighted by atomic mass is 10.1. The van der Waals surface area contributed by atoms with Crippen LogP contribution in [0.2, 0.25) is 0 Å². The smallest absolute Gasteiger partial charge is 0.221 e. The Morgan fingerprint density at radius 2 is 2.10 bits per heavy atom. The van der Waals surface area contributed by atoms with Gasteiger partial charge in [0.15, 0.2) is 0 Å². The molecule has 0 radical (unpaired) electrons. The molecule has 1 heterocycles. The molecule has 2 atom stereocenters. The lowest BCUT2D eigenvalue weighted by Gasteiger charge is -2.23. The Labute approximate surface area is 121 Å². The predicted molar refractivity (Wildman–Crippen MR) is 76.7 cm³/mol. The molecule has 1 aromatic heterocycles. The average Bonchev–Trinajstić information content (AvgIpc) is 2.37. The second-order valence-corrected chi connectivity index (χ2v) is 7.33. The van der Waals surface area contributed by atoms with Gasteiger partial charge in [0, 0.05) is 13.5 Å². The van der Waals surface area contributed by atoms with Crippen LogP contribution in [0.3, 0.4) is 0 Å². The maximum Gasteiger partial charge on any atom is 0.221 e. The third-order valence-electron chi connectivity index (χ3n) is 2.58. The lowest BCUT2D eigenvalue weighted by Crippen LogP contribution is -2.38. The molecule has 0 bridgehead atoms. The van der Waals surface area contributed by atoms with Gasteiger partial charge in [-0.25, -0.2) is 13.3 Å². The Morgan fingerprint density at radius 3 is 2.55 bits per heavy atom. The van der Waals surface area contributed by atoms with Crippen molar-refractivity contribution in [3.05, 3.63) is 29.8 Å². The van der Waals surface area contributed by atoms with E-state index in [-0.39, 0.29) is 12.3 Å². The molecule has 2 N–H and O–H groups in total. The molecule has 112 valence electrons. The highest BCUT2D eigenvalue weighted by Crippen LogP contribution is 2.19. The molecule has 0 spiro atoms. The van der Waals surface area contributed by atoms with Crippen LogP contribution in [-0.2, 0) is 15.8 Å². The maximum atomic E-state index is 12.9. The zero-order valence-corrected chi connectivity index (χ0v) is 12.9. The van der Waals surface area contributed by atoms with E-state index in [0.717, 1.165) is 6.20 Å². The number of halogens is 1. The van der Waals surface area contributed by atoms with Crippen molar-refractivity contribution in [2.75, 3.05) is 7.05 Å². The first kappa shape index (κ1) is 16.7. The highest BCUT2D eigenvalue weighted by atomic mass is 32.2. The van der Waals surface area contributed by atoms with E-state index in [2.05, 4.69) is 15.0 Å². The van der Waals surface area contributed by atoms with E-state index < -0.39 is 27.6 Å². The minimum Gasteiger partial charge on any atom is -0.359 e. The van der Waals surface area contributed by atoms with Gasteiger partial charge in [-0.1, -0.05) is 0 Å². The van der Waals surface area contributed by atoms with Gasteiger partial charge in [0.2, 0.25) is 5.91 Å². The highest BCUT2D eigenvalue weighted by Gasteiger charge is 2.25. The average molecular weight is 301 g/mol. The monoisotopic (exact) mass is 301 g/mol. The van der Waals surface area contributed by atoms with Crippen molar-refractivity contribution in [3.63, 3.8) is 0 Å². The minimum atomic E-state index is -1.36. The SMILES string of the molecule is CNC(=O)CC(NS(=O)C(C)(C)C)c1ccc(F)cn1. The number of carbonyl (C=O) groups is 1.